The van der Waals surface area contributed by atoms with Gasteiger partial charge in [-0.2, -0.15) is 0 Å². The summed E-state index contributed by atoms with van der Waals surface area (Å²) in [5.74, 6) is 0.954. The minimum atomic E-state index is -0.114. The molecule has 1 atom stereocenters. The molecular weight excluding hydrogens is 278 g/mol. The Bertz CT molecular complexity index is 422. The molecule has 1 aromatic heterocycles. The summed E-state index contributed by atoms with van der Waals surface area (Å²) < 4.78 is 5.04. The van der Waals surface area contributed by atoms with E-state index in [0.29, 0.717) is 29.5 Å². The average molecular weight is 302 g/mol. The number of aromatic nitrogens is 1. The van der Waals surface area contributed by atoms with Gasteiger partial charge in [0.05, 0.1) is 5.69 Å². The van der Waals surface area contributed by atoms with Gasteiger partial charge in [-0.25, -0.2) is 0 Å². The van der Waals surface area contributed by atoms with Crippen molar-refractivity contribution in [3.05, 3.63) is 17.0 Å². The molecule has 114 valence electrons. The minimum absolute atomic E-state index is 0. The number of hydrogen-bond donors (Lipinski definition) is 2. The van der Waals surface area contributed by atoms with E-state index in [0.717, 1.165) is 12.8 Å². The highest BCUT2D eigenvalue weighted by atomic mass is 35.5. The van der Waals surface area contributed by atoms with E-state index in [4.69, 9.17) is 10.3 Å². The van der Waals surface area contributed by atoms with Gasteiger partial charge in [0.2, 0.25) is 0 Å². The van der Waals surface area contributed by atoms with Crippen molar-refractivity contribution in [3.8, 4) is 0 Å². The Morgan fingerprint density at radius 2 is 2.05 bits per heavy atom. The third-order valence-electron chi connectivity index (χ3n) is 4.05. The van der Waals surface area contributed by atoms with Crippen LogP contribution >= 0.6 is 12.4 Å². The van der Waals surface area contributed by atoms with E-state index in [9.17, 15) is 4.79 Å². The zero-order chi connectivity index (χ0) is 13.8. The number of hydrogen-bond acceptors (Lipinski definition) is 4. The summed E-state index contributed by atoms with van der Waals surface area (Å²) >= 11 is 0. The molecule has 0 aliphatic heterocycles. The van der Waals surface area contributed by atoms with Gasteiger partial charge < -0.3 is 15.6 Å². The molecule has 2 rings (SSSR count). The van der Waals surface area contributed by atoms with Crippen molar-refractivity contribution < 1.29 is 9.32 Å². The number of aryl methyl sites for hydroxylation is 2. The van der Waals surface area contributed by atoms with Gasteiger partial charge in [-0.1, -0.05) is 24.4 Å². The van der Waals surface area contributed by atoms with E-state index in [1.165, 1.54) is 19.3 Å². The number of carbonyl (C=O) groups is 1. The number of amides is 1. The fourth-order valence-corrected chi connectivity index (χ4v) is 2.95. The lowest BCUT2D eigenvalue weighted by Crippen LogP contribution is -2.46. The van der Waals surface area contributed by atoms with Crippen molar-refractivity contribution in [1.82, 2.24) is 10.5 Å². The monoisotopic (exact) mass is 301 g/mol. The minimum Gasteiger partial charge on any atom is -0.361 e. The molecule has 1 amide bonds. The standard InChI is InChI=1S/C14H23N3O2.ClH/c1-9-13(10(2)19-17-9)14(18)16-12(8-15)11-6-4-3-5-7-11;/h11-12H,3-8,15H2,1-2H3,(H,16,18);1H. The number of halogens is 1. The Kier molecular flexibility index (Phi) is 6.49. The highest BCUT2D eigenvalue weighted by Crippen LogP contribution is 2.26. The molecule has 0 bridgehead atoms. The van der Waals surface area contributed by atoms with Crippen molar-refractivity contribution in [2.75, 3.05) is 6.54 Å². The molecule has 1 aliphatic carbocycles. The van der Waals surface area contributed by atoms with Crippen LogP contribution in [-0.2, 0) is 0 Å². The summed E-state index contributed by atoms with van der Waals surface area (Å²) in [4.78, 5) is 12.3. The first kappa shape index (κ1) is 17.0. The second-order valence-corrected chi connectivity index (χ2v) is 5.41. The summed E-state index contributed by atoms with van der Waals surface area (Å²) in [5.41, 5.74) is 7.01. The van der Waals surface area contributed by atoms with Gasteiger partial charge in [0, 0.05) is 12.6 Å². The van der Waals surface area contributed by atoms with Crippen LogP contribution in [0.3, 0.4) is 0 Å². The van der Waals surface area contributed by atoms with E-state index in [1.807, 2.05) is 0 Å². The zero-order valence-corrected chi connectivity index (χ0v) is 13.0. The van der Waals surface area contributed by atoms with Crippen LogP contribution in [0.2, 0.25) is 0 Å². The molecule has 1 fully saturated rings. The van der Waals surface area contributed by atoms with Gasteiger partial charge in [-0.05, 0) is 32.6 Å². The largest absolute Gasteiger partial charge is 0.361 e. The molecule has 1 saturated carbocycles. The van der Waals surface area contributed by atoms with Crippen LogP contribution in [0.5, 0.6) is 0 Å². The lowest BCUT2D eigenvalue weighted by Gasteiger charge is -2.30. The Morgan fingerprint density at radius 1 is 1.40 bits per heavy atom. The number of nitrogens with two attached hydrogens (primary N) is 1. The highest BCUT2D eigenvalue weighted by molar-refractivity contribution is 5.96. The highest BCUT2D eigenvalue weighted by Gasteiger charge is 2.26. The number of carbonyl (C=O) groups excluding carboxylic acids is 1. The molecule has 6 heteroatoms. The quantitative estimate of drug-likeness (QED) is 0.894. The van der Waals surface area contributed by atoms with Crippen molar-refractivity contribution >= 4 is 18.3 Å². The number of nitrogens with zero attached hydrogens (tertiary/aromatic N) is 1. The third kappa shape index (κ3) is 3.73. The summed E-state index contributed by atoms with van der Waals surface area (Å²) in [6.45, 7) is 4.02. The summed E-state index contributed by atoms with van der Waals surface area (Å²) in [5, 5.41) is 6.87. The Morgan fingerprint density at radius 3 is 2.55 bits per heavy atom. The maximum Gasteiger partial charge on any atom is 0.257 e. The third-order valence-corrected chi connectivity index (χ3v) is 4.05. The van der Waals surface area contributed by atoms with Crippen molar-refractivity contribution in [3.63, 3.8) is 0 Å². The van der Waals surface area contributed by atoms with Gasteiger partial charge in [-0.15, -0.1) is 12.4 Å². The van der Waals surface area contributed by atoms with Crippen molar-refractivity contribution in [1.29, 1.82) is 0 Å². The molecule has 0 spiro atoms. The molecule has 0 radical (unpaired) electrons. The smallest absolute Gasteiger partial charge is 0.257 e. The molecule has 20 heavy (non-hydrogen) atoms. The zero-order valence-electron chi connectivity index (χ0n) is 12.1. The SMILES string of the molecule is Cc1noc(C)c1C(=O)NC(CN)C1CCCCC1.Cl. The fourth-order valence-electron chi connectivity index (χ4n) is 2.95. The molecule has 3 N–H and O–H groups in total. The van der Waals surface area contributed by atoms with E-state index < -0.39 is 0 Å². The van der Waals surface area contributed by atoms with Crippen LogP contribution in [0.1, 0.15) is 53.9 Å². The van der Waals surface area contributed by atoms with Gasteiger partial charge in [0.1, 0.15) is 11.3 Å². The first-order valence-electron chi connectivity index (χ1n) is 7.07. The maximum atomic E-state index is 12.3. The fraction of sp³-hybridized carbons (Fsp3) is 0.714. The first-order valence-corrected chi connectivity index (χ1v) is 7.07. The van der Waals surface area contributed by atoms with Gasteiger partial charge >= 0.3 is 0 Å². The molecule has 0 saturated heterocycles. The Hall–Kier alpha value is -1.07. The molecule has 5 nitrogen and oxygen atoms in total. The van der Waals surface area contributed by atoms with E-state index in [1.54, 1.807) is 13.8 Å². The van der Waals surface area contributed by atoms with Crippen LogP contribution in [0.25, 0.3) is 0 Å². The average Bonchev–Trinajstić information content (AvgIpc) is 2.76. The molecule has 1 aliphatic rings. The second kappa shape index (κ2) is 7.64. The maximum absolute atomic E-state index is 12.3. The lowest BCUT2D eigenvalue weighted by atomic mass is 9.84. The lowest BCUT2D eigenvalue weighted by molar-refractivity contribution is 0.0913. The molecule has 1 heterocycles. The van der Waals surface area contributed by atoms with Gasteiger partial charge in [0.25, 0.3) is 5.91 Å². The van der Waals surface area contributed by atoms with E-state index >= 15 is 0 Å². The summed E-state index contributed by atoms with van der Waals surface area (Å²) in [7, 11) is 0. The molecule has 1 aromatic rings. The number of nitrogens with one attached hydrogen (secondary N) is 1. The molecular formula is C14H24ClN3O2. The van der Waals surface area contributed by atoms with Gasteiger partial charge in [0.15, 0.2) is 0 Å². The van der Waals surface area contributed by atoms with Crippen LogP contribution in [-0.4, -0.2) is 23.7 Å². The van der Waals surface area contributed by atoms with Gasteiger partial charge in [-0.3, -0.25) is 4.79 Å². The predicted octanol–water partition coefficient (Wildman–Crippen LogP) is 2.35. The van der Waals surface area contributed by atoms with Crippen LogP contribution in [0.15, 0.2) is 4.52 Å². The van der Waals surface area contributed by atoms with Crippen LogP contribution in [0, 0.1) is 19.8 Å². The molecule has 1 unspecified atom stereocenters. The summed E-state index contributed by atoms with van der Waals surface area (Å²) in [6, 6.07) is 0.0569. The Balaban J connectivity index is 0.00000200. The topological polar surface area (TPSA) is 81.2 Å². The summed E-state index contributed by atoms with van der Waals surface area (Å²) in [6.07, 6.45) is 6.09. The Labute approximate surface area is 126 Å². The normalized spacial score (nSPS) is 17.4. The van der Waals surface area contributed by atoms with E-state index in [-0.39, 0.29) is 24.4 Å². The van der Waals surface area contributed by atoms with Crippen LogP contribution < -0.4 is 11.1 Å². The number of rotatable bonds is 4. The van der Waals surface area contributed by atoms with E-state index in [2.05, 4.69) is 10.5 Å². The first-order chi connectivity index (χ1) is 9.13. The van der Waals surface area contributed by atoms with Crippen molar-refractivity contribution in [2.24, 2.45) is 11.7 Å². The van der Waals surface area contributed by atoms with Crippen molar-refractivity contribution in [2.45, 2.75) is 52.0 Å². The predicted molar refractivity (Wildman–Crippen MR) is 80.1 cm³/mol. The molecule has 0 aromatic carbocycles. The van der Waals surface area contributed by atoms with Crippen LogP contribution in [0.4, 0.5) is 0 Å². The second-order valence-electron chi connectivity index (χ2n) is 5.41.